The van der Waals surface area contributed by atoms with Crippen molar-refractivity contribution in [3.05, 3.63) is 51.8 Å². The van der Waals surface area contributed by atoms with Crippen LogP contribution in [0.15, 0.2) is 41.2 Å². The Morgan fingerprint density at radius 1 is 1.09 bits per heavy atom. The zero-order valence-corrected chi connectivity index (χ0v) is 18.6. The number of rotatable bonds is 6. The topological polar surface area (TPSA) is 98.1 Å². The maximum Gasteiger partial charge on any atom is 0.261 e. The molecule has 2 aromatic heterocycles. The summed E-state index contributed by atoms with van der Waals surface area (Å²) in [6, 6.07) is 11.6. The molecule has 1 aliphatic heterocycles. The van der Waals surface area contributed by atoms with Gasteiger partial charge in [0.25, 0.3) is 5.56 Å². The smallest absolute Gasteiger partial charge is 0.261 e. The SMILES string of the molecule is CNCCNc1c(-c2nc3ccc(N4CCOCC4)cc3[nH]2)c(=O)[nH]c2cc(Cl)ccc12. The lowest BCUT2D eigenvalue weighted by molar-refractivity contribution is 0.122. The summed E-state index contributed by atoms with van der Waals surface area (Å²) in [5.74, 6) is 0.532. The van der Waals surface area contributed by atoms with Crippen LogP contribution in [0.2, 0.25) is 5.02 Å². The molecule has 8 nitrogen and oxygen atoms in total. The highest BCUT2D eigenvalue weighted by molar-refractivity contribution is 6.31. The van der Waals surface area contributed by atoms with Gasteiger partial charge in [0, 0.05) is 42.3 Å². The van der Waals surface area contributed by atoms with Gasteiger partial charge in [-0.2, -0.15) is 0 Å². The van der Waals surface area contributed by atoms with Crippen LogP contribution in [-0.4, -0.2) is 61.4 Å². The number of morpholine rings is 1. The number of H-pyrrole nitrogens is 2. The Bertz CT molecular complexity index is 1330. The van der Waals surface area contributed by atoms with Crippen LogP contribution in [0, 0.1) is 0 Å². The lowest BCUT2D eigenvalue weighted by Gasteiger charge is -2.28. The van der Waals surface area contributed by atoms with Crippen molar-refractivity contribution < 1.29 is 4.74 Å². The zero-order valence-electron chi connectivity index (χ0n) is 17.8. The van der Waals surface area contributed by atoms with E-state index in [1.807, 2.05) is 25.2 Å². The van der Waals surface area contributed by atoms with Crippen LogP contribution in [0.3, 0.4) is 0 Å². The Hall–Kier alpha value is -3.07. The average molecular weight is 453 g/mol. The van der Waals surface area contributed by atoms with Crippen molar-refractivity contribution in [3.63, 3.8) is 0 Å². The Balaban J connectivity index is 1.62. The minimum absolute atomic E-state index is 0.223. The molecule has 2 aromatic carbocycles. The normalized spacial score (nSPS) is 14.4. The number of fused-ring (bicyclic) bond motifs is 2. The predicted octanol–water partition coefficient (Wildman–Crippen LogP) is 3.19. The van der Waals surface area contributed by atoms with Crippen molar-refractivity contribution >= 4 is 44.9 Å². The molecule has 0 bridgehead atoms. The van der Waals surface area contributed by atoms with E-state index in [1.54, 1.807) is 6.07 Å². The predicted molar refractivity (Wildman–Crippen MR) is 130 cm³/mol. The second kappa shape index (κ2) is 8.82. The molecule has 0 radical (unpaired) electrons. The Kier molecular flexibility index (Phi) is 5.73. The number of aromatic nitrogens is 3. The maximum atomic E-state index is 13.2. The number of nitrogens with zero attached hydrogens (tertiary/aromatic N) is 2. The van der Waals surface area contributed by atoms with E-state index in [1.165, 1.54) is 0 Å². The first-order chi connectivity index (χ1) is 15.6. The van der Waals surface area contributed by atoms with Gasteiger partial charge in [0.1, 0.15) is 11.4 Å². The monoisotopic (exact) mass is 452 g/mol. The van der Waals surface area contributed by atoms with E-state index in [9.17, 15) is 4.79 Å². The summed E-state index contributed by atoms with van der Waals surface area (Å²) in [5, 5.41) is 7.99. The quantitative estimate of drug-likeness (QED) is 0.335. The highest BCUT2D eigenvalue weighted by Crippen LogP contribution is 2.32. The lowest BCUT2D eigenvalue weighted by atomic mass is 10.1. The molecule has 1 aliphatic rings. The van der Waals surface area contributed by atoms with Gasteiger partial charge in [0.05, 0.1) is 35.5 Å². The standard InChI is InChI=1S/C23H25ClN6O2/c1-25-6-7-26-21-16-4-2-14(24)12-18(16)29-23(31)20(21)22-27-17-5-3-15(13-19(17)28-22)30-8-10-32-11-9-30/h2-5,12-13,25H,6-11H2,1H3,(H,27,28)(H2,26,29,31). The third kappa shape index (κ3) is 3.92. The molecule has 0 spiro atoms. The first-order valence-corrected chi connectivity index (χ1v) is 11.1. The van der Waals surface area contributed by atoms with Crippen molar-refractivity contribution in [2.24, 2.45) is 0 Å². The van der Waals surface area contributed by atoms with Crippen LogP contribution in [-0.2, 0) is 4.74 Å². The van der Waals surface area contributed by atoms with Gasteiger partial charge in [-0.15, -0.1) is 0 Å². The fraction of sp³-hybridized carbons (Fsp3) is 0.304. The van der Waals surface area contributed by atoms with Gasteiger partial charge >= 0.3 is 0 Å². The summed E-state index contributed by atoms with van der Waals surface area (Å²) < 4.78 is 5.46. The number of imidazole rings is 1. The number of ether oxygens (including phenoxy) is 1. The van der Waals surface area contributed by atoms with Crippen LogP contribution >= 0.6 is 11.6 Å². The van der Waals surface area contributed by atoms with Gasteiger partial charge in [0.2, 0.25) is 0 Å². The molecule has 0 amide bonds. The number of hydrogen-bond acceptors (Lipinski definition) is 6. The number of halogens is 1. The van der Waals surface area contributed by atoms with Crippen LogP contribution in [0.4, 0.5) is 11.4 Å². The van der Waals surface area contributed by atoms with Gasteiger partial charge in [-0.25, -0.2) is 4.98 Å². The third-order valence-electron chi connectivity index (χ3n) is 5.73. The minimum atomic E-state index is -0.223. The molecular formula is C23H25ClN6O2. The lowest BCUT2D eigenvalue weighted by Crippen LogP contribution is -2.36. The molecule has 4 N–H and O–H groups in total. The fourth-order valence-corrected chi connectivity index (χ4v) is 4.30. The fourth-order valence-electron chi connectivity index (χ4n) is 4.13. The van der Waals surface area contributed by atoms with Crippen LogP contribution in [0.1, 0.15) is 0 Å². The van der Waals surface area contributed by atoms with E-state index in [4.69, 9.17) is 21.3 Å². The molecule has 3 heterocycles. The molecule has 0 saturated carbocycles. The van der Waals surface area contributed by atoms with Gasteiger partial charge in [-0.3, -0.25) is 4.79 Å². The van der Waals surface area contributed by atoms with E-state index in [0.717, 1.165) is 60.6 Å². The minimum Gasteiger partial charge on any atom is -0.382 e. The van der Waals surface area contributed by atoms with E-state index in [2.05, 4.69) is 37.6 Å². The maximum absolute atomic E-state index is 13.2. The number of benzene rings is 2. The van der Waals surface area contributed by atoms with Gasteiger partial charge in [-0.05, 0) is 43.4 Å². The molecular weight excluding hydrogens is 428 g/mol. The van der Waals surface area contributed by atoms with Crippen LogP contribution < -0.4 is 21.1 Å². The number of pyridine rings is 1. The van der Waals surface area contributed by atoms with Crippen molar-refractivity contribution in [2.75, 3.05) is 56.7 Å². The molecule has 1 saturated heterocycles. The Labute approximate surface area is 189 Å². The third-order valence-corrected chi connectivity index (χ3v) is 5.97. The molecule has 9 heteroatoms. The summed E-state index contributed by atoms with van der Waals surface area (Å²) in [6.07, 6.45) is 0. The highest BCUT2D eigenvalue weighted by atomic mass is 35.5. The van der Waals surface area contributed by atoms with Crippen molar-refractivity contribution in [1.29, 1.82) is 0 Å². The number of hydrogen-bond donors (Lipinski definition) is 4. The van der Waals surface area contributed by atoms with Gasteiger partial charge < -0.3 is 30.2 Å². The second-order valence-electron chi connectivity index (χ2n) is 7.81. The van der Waals surface area contributed by atoms with Gasteiger partial charge in [0.15, 0.2) is 0 Å². The zero-order chi connectivity index (χ0) is 22.1. The summed E-state index contributed by atoms with van der Waals surface area (Å²) >= 11 is 6.16. The molecule has 5 rings (SSSR count). The van der Waals surface area contributed by atoms with Crippen molar-refractivity contribution in [2.45, 2.75) is 0 Å². The van der Waals surface area contributed by atoms with Crippen LogP contribution in [0.25, 0.3) is 33.3 Å². The van der Waals surface area contributed by atoms with E-state index in [0.29, 0.717) is 28.5 Å². The van der Waals surface area contributed by atoms with E-state index >= 15 is 0 Å². The number of likely N-dealkylation sites (N-methyl/N-ethyl adjacent to an activating group) is 1. The number of nitrogens with one attached hydrogen (secondary N) is 4. The summed E-state index contributed by atoms with van der Waals surface area (Å²) in [5.41, 5.74) is 4.51. The second-order valence-corrected chi connectivity index (χ2v) is 8.25. The molecule has 0 unspecified atom stereocenters. The summed E-state index contributed by atoms with van der Waals surface area (Å²) in [6.45, 7) is 4.59. The van der Waals surface area contributed by atoms with E-state index in [-0.39, 0.29) is 5.56 Å². The first kappa shape index (κ1) is 20.8. The van der Waals surface area contributed by atoms with Gasteiger partial charge in [-0.1, -0.05) is 11.6 Å². The Morgan fingerprint density at radius 3 is 2.75 bits per heavy atom. The van der Waals surface area contributed by atoms with Crippen molar-refractivity contribution in [1.82, 2.24) is 20.3 Å². The molecule has 4 aromatic rings. The molecule has 32 heavy (non-hydrogen) atoms. The first-order valence-electron chi connectivity index (χ1n) is 10.7. The molecule has 1 fully saturated rings. The molecule has 0 aliphatic carbocycles. The van der Waals surface area contributed by atoms with E-state index < -0.39 is 0 Å². The molecule has 0 atom stereocenters. The highest BCUT2D eigenvalue weighted by Gasteiger charge is 2.19. The summed E-state index contributed by atoms with van der Waals surface area (Å²) in [4.78, 5) is 26.5. The molecule has 166 valence electrons. The van der Waals surface area contributed by atoms with Crippen molar-refractivity contribution in [3.8, 4) is 11.4 Å². The largest absolute Gasteiger partial charge is 0.382 e. The average Bonchev–Trinajstić information content (AvgIpc) is 3.22. The number of aromatic amines is 2. The Morgan fingerprint density at radius 2 is 1.94 bits per heavy atom. The summed E-state index contributed by atoms with van der Waals surface area (Å²) in [7, 11) is 1.89. The number of anilines is 2. The van der Waals surface area contributed by atoms with Crippen LogP contribution in [0.5, 0.6) is 0 Å².